The summed E-state index contributed by atoms with van der Waals surface area (Å²) in [6, 6.07) is 0.246. The maximum absolute atomic E-state index is 11.6. The maximum Gasteiger partial charge on any atom is 0.220 e. The van der Waals surface area contributed by atoms with Crippen molar-refractivity contribution in [3.8, 4) is 0 Å². The van der Waals surface area contributed by atoms with Crippen LogP contribution in [-0.4, -0.2) is 39.1 Å². The fraction of sp³-hybridized carbons (Fsp3) is 0.800. The summed E-state index contributed by atoms with van der Waals surface area (Å²) in [5.74, 6) is 0.506. The summed E-state index contributed by atoms with van der Waals surface area (Å²) in [4.78, 5) is 11.6. The van der Waals surface area contributed by atoms with Gasteiger partial charge in [0, 0.05) is 12.5 Å². The van der Waals surface area contributed by atoms with Gasteiger partial charge < -0.3 is 10.6 Å². The maximum atomic E-state index is 11.6. The van der Waals surface area contributed by atoms with E-state index in [2.05, 4.69) is 45.1 Å². The van der Waals surface area contributed by atoms with Gasteiger partial charge in [-0.2, -0.15) is 5.21 Å². The molecule has 0 fully saturated rings. The monoisotopic (exact) mass is 240 g/mol. The number of nitrogens with zero attached hydrogens (tertiary/aromatic N) is 3. The van der Waals surface area contributed by atoms with Gasteiger partial charge in [0.2, 0.25) is 5.91 Å². The molecule has 0 aliphatic rings. The average molecular weight is 240 g/mol. The highest BCUT2D eigenvalue weighted by Crippen LogP contribution is 2.03. The van der Waals surface area contributed by atoms with Crippen molar-refractivity contribution >= 4 is 5.91 Å². The minimum atomic E-state index is -0.209. The van der Waals surface area contributed by atoms with E-state index < -0.39 is 0 Å². The molecule has 96 valence electrons. The third-order valence-corrected chi connectivity index (χ3v) is 2.26. The fourth-order valence-electron chi connectivity index (χ4n) is 1.37. The molecule has 1 atom stereocenters. The van der Waals surface area contributed by atoms with Crippen LogP contribution in [-0.2, 0) is 4.79 Å². The molecular weight excluding hydrogens is 220 g/mol. The molecule has 0 aliphatic heterocycles. The second-order valence-corrected chi connectivity index (χ2v) is 4.27. The van der Waals surface area contributed by atoms with E-state index in [9.17, 15) is 4.79 Å². The Kier molecular flexibility index (Phi) is 5.55. The van der Waals surface area contributed by atoms with Crippen LogP contribution in [0.2, 0.25) is 0 Å². The molecule has 0 aromatic carbocycles. The molecule has 3 N–H and O–H groups in total. The van der Waals surface area contributed by atoms with Crippen LogP contribution in [0.5, 0.6) is 0 Å². The van der Waals surface area contributed by atoms with Crippen molar-refractivity contribution in [3.05, 3.63) is 5.82 Å². The summed E-state index contributed by atoms with van der Waals surface area (Å²) >= 11 is 0. The molecular formula is C10H20N6O. The van der Waals surface area contributed by atoms with Gasteiger partial charge in [-0.15, -0.1) is 10.2 Å². The molecule has 0 aliphatic carbocycles. The predicted molar refractivity (Wildman–Crippen MR) is 63.1 cm³/mol. The molecule has 0 spiro atoms. The topological polar surface area (TPSA) is 95.6 Å². The molecule has 1 rings (SSSR count). The number of aromatic amines is 1. The molecule has 0 radical (unpaired) electrons. The van der Waals surface area contributed by atoms with E-state index in [1.54, 1.807) is 0 Å². The van der Waals surface area contributed by atoms with E-state index in [1.165, 1.54) is 0 Å². The second kappa shape index (κ2) is 6.95. The Balaban J connectivity index is 2.17. The minimum absolute atomic E-state index is 0.00727. The Morgan fingerprint density at radius 2 is 2.18 bits per heavy atom. The lowest BCUT2D eigenvalue weighted by Crippen LogP contribution is -2.29. The summed E-state index contributed by atoms with van der Waals surface area (Å²) < 4.78 is 0. The molecule has 0 bridgehead atoms. The number of tetrazole rings is 1. The van der Waals surface area contributed by atoms with Gasteiger partial charge in [-0.25, -0.2) is 0 Å². The summed E-state index contributed by atoms with van der Waals surface area (Å²) in [7, 11) is 0. The van der Waals surface area contributed by atoms with E-state index in [1.807, 2.05) is 6.92 Å². The Bertz CT molecular complexity index is 324. The molecule has 1 heterocycles. The van der Waals surface area contributed by atoms with Crippen molar-refractivity contribution in [1.82, 2.24) is 31.3 Å². The third kappa shape index (κ3) is 5.39. The summed E-state index contributed by atoms with van der Waals surface area (Å²) in [5, 5.41) is 19.5. The van der Waals surface area contributed by atoms with Gasteiger partial charge >= 0.3 is 0 Å². The number of carbonyl (C=O) groups is 1. The molecule has 17 heavy (non-hydrogen) atoms. The lowest BCUT2D eigenvalue weighted by Gasteiger charge is -2.10. The van der Waals surface area contributed by atoms with Crippen molar-refractivity contribution in [2.45, 2.75) is 45.7 Å². The largest absolute Gasteiger partial charge is 0.346 e. The van der Waals surface area contributed by atoms with Crippen molar-refractivity contribution < 1.29 is 4.79 Å². The lowest BCUT2D eigenvalue weighted by atomic mass is 10.2. The zero-order chi connectivity index (χ0) is 12.7. The van der Waals surface area contributed by atoms with Gasteiger partial charge in [0.05, 0.1) is 6.04 Å². The molecule has 7 nitrogen and oxygen atoms in total. The molecule has 1 aromatic heterocycles. The van der Waals surface area contributed by atoms with Crippen LogP contribution in [0.15, 0.2) is 0 Å². The number of hydrogen-bond donors (Lipinski definition) is 3. The SMILES string of the molecule is CC(C)NCCCC(=O)NC(C)c1nn[nH]n1. The first-order chi connectivity index (χ1) is 8.09. The number of aromatic nitrogens is 4. The van der Waals surface area contributed by atoms with Crippen molar-refractivity contribution in [3.63, 3.8) is 0 Å². The van der Waals surface area contributed by atoms with Gasteiger partial charge in [-0.1, -0.05) is 19.1 Å². The third-order valence-electron chi connectivity index (χ3n) is 2.26. The molecule has 1 unspecified atom stereocenters. The van der Waals surface area contributed by atoms with Crippen LogP contribution in [0, 0.1) is 0 Å². The predicted octanol–water partition coefficient (Wildman–Crippen LogP) is 0.155. The highest BCUT2D eigenvalue weighted by atomic mass is 16.1. The average Bonchev–Trinajstić information content (AvgIpc) is 2.77. The first-order valence-corrected chi connectivity index (χ1v) is 5.85. The Morgan fingerprint density at radius 1 is 1.41 bits per heavy atom. The van der Waals surface area contributed by atoms with Crippen molar-refractivity contribution in [2.75, 3.05) is 6.54 Å². The first-order valence-electron chi connectivity index (χ1n) is 5.85. The van der Waals surface area contributed by atoms with Crippen LogP contribution in [0.25, 0.3) is 0 Å². The van der Waals surface area contributed by atoms with Crippen molar-refractivity contribution in [1.29, 1.82) is 0 Å². The number of rotatable bonds is 7. The standard InChI is InChI=1S/C10H20N6O/c1-7(2)11-6-4-5-9(17)12-8(3)10-13-15-16-14-10/h7-8,11H,4-6H2,1-3H3,(H,12,17)(H,13,14,15,16). The van der Waals surface area contributed by atoms with Gasteiger partial charge in [0.25, 0.3) is 0 Å². The summed E-state index contributed by atoms with van der Waals surface area (Å²) in [5.41, 5.74) is 0. The number of nitrogens with one attached hydrogen (secondary N) is 3. The van der Waals surface area contributed by atoms with Crippen LogP contribution in [0.3, 0.4) is 0 Å². The van der Waals surface area contributed by atoms with E-state index >= 15 is 0 Å². The van der Waals surface area contributed by atoms with E-state index in [4.69, 9.17) is 0 Å². The molecule has 7 heteroatoms. The van der Waals surface area contributed by atoms with Gasteiger partial charge in [-0.05, 0) is 19.9 Å². The first kappa shape index (κ1) is 13.6. The molecule has 0 saturated carbocycles. The van der Waals surface area contributed by atoms with Crippen LogP contribution < -0.4 is 10.6 Å². The Morgan fingerprint density at radius 3 is 2.76 bits per heavy atom. The van der Waals surface area contributed by atoms with Gasteiger partial charge in [0.15, 0.2) is 5.82 Å². The normalized spacial score (nSPS) is 12.7. The van der Waals surface area contributed by atoms with Gasteiger partial charge in [0.1, 0.15) is 0 Å². The van der Waals surface area contributed by atoms with E-state index in [0.29, 0.717) is 18.3 Å². The number of hydrogen-bond acceptors (Lipinski definition) is 5. The zero-order valence-electron chi connectivity index (χ0n) is 10.5. The quantitative estimate of drug-likeness (QED) is 0.590. The Labute approximate surface area is 101 Å². The lowest BCUT2D eigenvalue weighted by molar-refractivity contribution is -0.121. The van der Waals surface area contributed by atoms with Crippen molar-refractivity contribution in [2.24, 2.45) is 0 Å². The highest BCUT2D eigenvalue weighted by Gasteiger charge is 2.12. The second-order valence-electron chi connectivity index (χ2n) is 4.27. The van der Waals surface area contributed by atoms with Crippen LogP contribution >= 0.6 is 0 Å². The molecule has 1 amide bonds. The minimum Gasteiger partial charge on any atom is -0.346 e. The van der Waals surface area contributed by atoms with Gasteiger partial charge in [-0.3, -0.25) is 4.79 Å². The van der Waals surface area contributed by atoms with Crippen LogP contribution in [0.1, 0.15) is 45.5 Å². The van der Waals surface area contributed by atoms with Crippen LogP contribution in [0.4, 0.5) is 0 Å². The molecule has 0 saturated heterocycles. The number of H-pyrrole nitrogens is 1. The number of amides is 1. The van der Waals surface area contributed by atoms with E-state index in [-0.39, 0.29) is 11.9 Å². The summed E-state index contributed by atoms with van der Waals surface area (Å²) in [6.07, 6.45) is 1.32. The summed E-state index contributed by atoms with van der Waals surface area (Å²) in [6.45, 7) is 6.84. The number of carbonyl (C=O) groups excluding carboxylic acids is 1. The Hall–Kier alpha value is -1.50. The highest BCUT2D eigenvalue weighted by molar-refractivity contribution is 5.76. The smallest absolute Gasteiger partial charge is 0.220 e. The van der Waals surface area contributed by atoms with E-state index in [0.717, 1.165) is 13.0 Å². The molecule has 1 aromatic rings. The zero-order valence-corrected chi connectivity index (χ0v) is 10.5. The fourth-order valence-corrected chi connectivity index (χ4v) is 1.37.